The molecule has 2 aromatic heterocycles. The van der Waals surface area contributed by atoms with Gasteiger partial charge in [0.2, 0.25) is 11.6 Å². The lowest BCUT2D eigenvalue weighted by atomic mass is 10.2. The quantitative estimate of drug-likeness (QED) is 0.267. The lowest BCUT2D eigenvalue weighted by Gasteiger charge is -2.13. The van der Waals surface area contributed by atoms with Crippen molar-refractivity contribution in [2.45, 2.75) is 37.7 Å². The molecule has 0 fully saturated rings. The monoisotopic (exact) mass is 490 g/mol. The Morgan fingerprint density at radius 1 is 1.06 bits per heavy atom. The molecule has 35 heavy (non-hydrogen) atoms. The molecule has 0 saturated carbocycles. The van der Waals surface area contributed by atoms with Crippen LogP contribution in [0.5, 0.6) is 5.75 Å². The molecular weight excluding hydrogens is 464 g/mol. The van der Waals surface area contributed by atoms with Crippen LogP contribution in [0.3, 0.4) is 0 Å². The summed E-state index contributed by atoms with van der Waals surface area (Å²) in [6.07, 6.45) is 0. The second-order valence-corrected chi connectivity index (χ2v) is 9.27. The average molecular weight is 491 g/mol. The van der Waals surface area contributed by atoms with Crippen LogP contribution in [0.15, 0.2) is 64.2 Å². The third kappa shape index (κ3) is 5.63. The zero-order valence-electron chi connectivity index (χ0n) is 19.9. The van der Waals surface area contributed by atoms with Crippen molar-refractivity contribution in [2.24, 2.45) is 0 Å². The van der Waals surface area contributed by atoms with Gasteiger partial charge in [0, 0.05) is 17.7 Å². The molecule has 0 saturated heterocycles. The molecular formula is C26H26N4O4S. The SMILES string of the molecule is COc1ccc(CNC(=O)[C@H](C)Sc2nc(NC(=O)c3ccccc3)c3c(C)c(C)oc3n2)cc1. The van der Waals surface area contributed by atoms with Gasteiger partial charge in [-0.1, -0.05) is 42.1 Å². The Balaban J connectivity index is 1.51. The predicted molar refractivity (Wildman–Crippen MR) is 136 cm³/mol. The summed E-state index contributed by atoms with van der Waals surface area (Å²) in [4.78, 5) is 34.6. The lowest BCUT2D eigenvalue weighted by molar-refractivity contribution is -0.120. The summed E-state index contributed by atoms with van der Waals surface area (Å²) in [5.74, 6) is 1.36. The number of amides is 2. The van der Waals surface area contributed by atoms with E-state index < -0.39 is 5.25 Å². The molecule has 0 radical (unpaired) electrons. The minimum atomic E-state index is -0.472. The molecule has 0 unspecified atom stereocenters. The van der Waals surface area contributed by atoms with Crippen molar-refractivity contribution >= 4 is 40.5 Å². The number of methoxy groups -OCH3 is 1. The lowest BCUT2D eigenvalue weighted by Crippen LogP contribution is -2.30. The van der Waals surface area contributed by atoms with E-state index in [4.69, 9.17) is 9.15 Å². The molecule has 4 aromatic rings. The highest BCUT2D eigenvalue weighted by molar-refractivity contribution is 8.00. The van der Waals surface area contributed by atoms with Crippen LogP contribution >= 0.6 is 11.8 Å². The Kier molecular flexibility index (Phi) is 7.36. The topological polar surface area (TPSA) is 106 Å². The predicted octanol–water partition coefficient (Wildman–Crippen LogP) is 4.90. The summed E-state index contributed by atoms with van der Waals surface area (Å²) >= 11 is 1.19. The Hall–Kier alpha value is -3.85. The van der Waals surface area contributed by atoms with Crippen molar-refractivity contribution in [3.63, 3.8) is 0 Å². The third-order valence-electron chi connectivity index (χ3n) is 5.55. The van der Waals surface area contributed by atoms with Crippen molar-refractivity contribution in [1.29, 1.82) is 0 Å². The van der Waals surface area contributed by atoms with Gasteiger partial charge in [-0.3, -0.25) is 9.59 Å². The number of hydrogen-bond donors (Lipinski definition) is 2. The van der Waals surface area contributed by atoms with Crippen LogP contribution in [-0.4, -0.2) is 34.1 Å². The molecule has 180 valence electrons. The maximum absolute atomic E-state index is 12.8. The van der Waals surface area contributed by atoms with Crippen LogP contribution in [0.1, 0.15) is 34.2 Å². The fourth-order valence-corrected chi connectivity index (χ4v) is 4.22. The minimum absolute atomic E-state index is 0.156. The molecule has 2 heterocycles. The number of carbonyl (C=O) groups is 2. The first-order valence-corrected chi connectivity index (χ1v) is 11.9. The molecule has 9 heteroatoms. The molecule has 4 rings (SSSR count). The van der Waals surface area contributed by atoms with E-state index in [0.29, 0.717) is 39.9 Å². The highest BCUT2D eigenvalue weighted by Crippen LogP contribution is 2.32. The molecule has 1 atom stereocenters. The van der Waals surface area contributed by atoms with E-state index in [9.17, 15) is 9.59 Å². The van der Waals surface area contributed by atoms with Gasteiger partial charge in [-0.25, -0.2) is 4.98 Å². The Morgan fingerprint density at radius 2 is 1.77 bits per heavy atom. The number of rotatable bonds is 8. The molecule has 2 amide bonds. The number of benzene rings is 2. The van der Waals surface area contributed by atoms with Crippen molar-refractivity contribution < 1.29 is 18.7 Å². The van der Waals surface area contributed by atoms with E-state index in [0.717, 1.165) is 16.9 Å². The van der Waals surface area contributed by atoms with Crippen LogP contribution < -0.4 is 15.4 Å². The Morgan fingerprint density at radius 3 is 2.46 bits per heavy atom. The summed E-state index contributed by atoms with van der Waals surface area (Å²) in [5.41, 5.74) is 2.69. The first-order chi connectivity index (χ1) is 16.9. The zero-order valence-corrected chi connectivity index (χ0v) is 20.7. The number of aromatic nitrogens is 2. The van der Waals surface area contributed by atoms with Crippen molar-refractivity contribution in [2.75, 3.05) is 12.4 Å². The smallest absolute Gasteiger partial charge is 0.256 e. The normalized spacial score (nSPS) is 11.8. The van der Waals surface area contributed by atoms with Gasteiger partial charge in [0.1, 0.15) is 17.3 Å². The van der Waals surface area contributed by atoms with E-state index in [1.165, 1.54) is 11.8 Å². The van der Waals surface area contributed by atoms with Crippen LogP contribution in [0, 0.1) is 13.8 Å². The average Bonchev–Trinajstić information content (AvgIpc) is 3.16. The van der Waals surface area contributed by atoms with E-state index in [2.05, 4.69) is 20.6 Å². The number of nitrogens with one attached hydrogen (secondary N) is 2. The number of carbonyl (C=O) groups excluding carboxylic acids is 2. The van der Waals surface area contributed by atoms with Crippen LogP contribution in [0.25, 0.3) is 11.1 Å². The second-order valence-electron chi connectivity index (χ2n) is 7.96. The van der Waals surface area contributed by atoms with Gasteiger partial charge < -0.3 is 19.8 Å². The standard InChI is InChI=1S/C26H26N4O4S/c1-15-16(2)34-25-21(15)22(28-24(32)19-8-6-5-7-9-19)29-26(30-25)35-17(3)23(31)27-14-18-10-12-20(33-4)13-11-18/h5-13,17H,14H2,1-4H3,(H,27,31)(H,28,29,30,32)/t17-/m0/s1. The number of thioether (sulfide) groups is 1. The maximum atomic E-state index is 12.8. The van der Waals surface area contributed by atoms with Gasteiger partial charge in [0.15, 0.2) is 5.16 Å². The largest absolute Gasteiger partial charge is 0.497 e. The fraction of sp³-hybridized carbons (Fsp3) is 0.231. The van der Waals surface area contributed by atoms with E-state index in [1.54, 1.807) is 38.3 Å². The molecule has 0 aliphatic heterocycles. The maximum Gasteiger partial charge on any atom is 0.256 e. The summed E-state index contributed by atoms with van der Waals surface area (Å²) < 4.78 is 11.0. The van der Waals surface area contributed by atoms with Crippen LogP contribution in [0.2, 0.25) is 0 Å². The second kappa shape index (κ2) is 10.6. The summed E-state index contributed by atoms with van der Waals surface area (Å²) in [5, 5.41) is 6.32. The first-order valence-electron chi connectivity index (χ1n) is 11.1. The molecule has 2 aromatic carbocycles. The van der Waals surface area contributed by atoms with Gasteiger partial charge in [-0.05, 0) is 50.6 Å². The summed E-state index contributed by atoms with van der Waals surface area (Å²) in [6.45, 7) is 5.90. The number of furan rings is 1. The van der Waals surface area contributed by atoms with Crippen molar-refractivity contribution in [1.82, 2.24) is 15.3 Å². The molecule has 0 aliphatic carbocycles. The molecule has 0 aliphatic rings. The summed E-state index contributed by atoms with van der Waals surface area (Å²) in [7, 11) is 1.61. The number of nitrogens with zero attached hydrogens (tertiary/aromatic N) is 2. The first kappa shape index (κ1) is 24.3. The number of ether oxygens (including phenoxy) is 1. The van der Waals surface area contributed by atoms with Gasteiger partial charge in [0.25, 0.3) is 5.91 Å². The summed E-state index contributed by atoms with van der Waals surface area (Å²) in [6, 6.07) is 16.4. The molecule has 8 nitrogen and oxygen atoms in total. The van der Waals surface area contributed by atoms with Gasteiger partial charge in [0.05, 0.1) is 17.7 Å². The van der Waals surface area contributed by atoms with Crippen molar-refractivity contribution in [3.8, 4) is 5.75 Å². The fourth-order valence-electron chi connectivity index (χ4n) is 3.43. The Bertz CT molecular complexity index is 1350. The Labute approximate surface area is 207 Å². The van der Waals surface area contributed by atoms with E-state index in [1.807, 2.05) is 44.2 Å². The van der Waals surface area contributed by atoms with Crippen molar-refractivity contribution in [3.05, 3.63) is 77.0 Å². The number of anilines is 1. The molecule has 0 bridgehead atoms. The minimum Gasteiger partial charge on any atom is -0.497 e. The van der Waals surface area contributed by atoms with Gasteiger partial charge in [-0.15, -0.1) is 0 Å². The zero-order chi connectivity index (χ0) is 24.9. The number of fused-ring (bicyclic) bond motifs is 1. The highest BCUT2D eigenvalue weighted by Gasteiger charge is 2.22. The van der Waals surface area contributed by atoms with Gasteiger partial charge in [-0.2, -0.15) is 4.98 Å². The van der Waals surface area contributed by atoms with E-state index >= 15 is 0 Å². The molecule has 0 spiro atoms. The number of aryl methyl sites for hydroxylation is 2. The highest BCUT2D eigenvalue weighted by atomic mass is 32.2. The number of hydrogen-bond acceptors (Lipinski definition) is 7. The van der Waals surface area contributed by atoms with E-state index in [-0.39, 0.29) is 11.8 Å². The molecule has 2 N–H and O–H groups in total. The van der Waals surface area contributed by atoms with Crippen LogP contribution in [0.4, 0.5) is 5.82 Å². The van der Waals surface area contributed by atoms with Gasteiger partial charge >= 0.3 is 0 Å². The van der Waals surface area contributed by atoms with Crippen LogP contribution in [-0.2, 0) is 11.3 Å². The third-order valence-corrected chi connectivity index (χ3v) is 6.51.